The largest absolute Gasteiger partial charge is 0.484 e. The maximum Gasteiger partial charge on any atom is 0.422 e. The Morgan fingerprint density at radius 1 is 1.27 bits per heavy atom. The van der Waals surface area contributed by atoms with Gasteiger partial charge in [-0.3, -0.25) is 0 Å². The molecule has 0 aliphatic rings. The third-order valence-electron chi connectivity index (χ3n) is 1.66. The molecule has 1 aromatic rings. The van der Waals surface area contributed by atoms with Crippen LogP contribution in [-0.2, 0) is 0 Å². The van der Waals surface area contributed by atoms with Crippen LogP contribution in [0.4, 0.5) is 13.2 Å². The Balaban J connectivity index is 2.73. The zero-order valence-electron chi connectivity index (χ0n) is 8.39. The molecule has 0 amide bonds. The summed E-state index contributed by atoms with van der Waals surface area (Å²) < 4.78 is 40.3. The van der Waals surface area contributed by atoms with Gasteiger partial charge < -0.3 is 4.74 Å². The molecule has 0 aliphatic carbocycles. The van der Waals surface area contributed by atoms with Crippen molar-refractivity contribution >= 4 is 11.8 Å². The van der Waals surface area contributed by atoms with E-state index < -0.39 is 12.8 Å². The summed E-state index contributed by atoms with van der Waals surface area (Å²) in [7, 11) is 0. The van der Waals surface area contributed by atoms with Crippen LogP contribution in [0.1, 0.15) is 5.56 Å². The predicted octanol–water partition coefficient (Wildman–Crippen LogP) is 3.66. The first-order valence-corrected chi connectivity index (χ1v) is 5.48. The van der Waals surface area contributed by atoms with E-state index in [1.807, 2.05) is 19.2 Å². The lowest BCUT2D eigenvalue weighted by Crippen LogP contribution is -2.19. The van der Waals surface area contributed by atoms with Crippen LogP contribution in [0.25, 0.3) is 0 Å². The molecule has 84 valence electrons. The second-order valence-electron chi connectivity index (χ2n) is 3.09. The Kier molecular flexibility index (Phi) is 3.90. The summed E-state index contributed by atoms with van der Waals surface area (Å²) in [5.74, 6) is 0.261. The minimum absolute atomic E-state index is 0.261. The summed E-state index contributed by atoms with van der Waals surface area (Å²) in [6, 6.07) is 5.08. The predicted molar refractivity (Wildman–Crippen MR) is 54.5 cm³/mol. The van der Waals surface area contributed by atoms with Crippen LogP contribution >= 0.6 is 11.8 Å². The zero-order chi connectivity index (χ0) is 11.5. The van der Waals surface area contributed by atoms with Gasteiger partial charge in [0.05, 0.1) is 0 Å². The van der Waals surface area contributed by atoms with E-state index in [-0.39, 0.29) is 5.75 Å². The molecule has 0 unspecified atom stereocenters. The number of hydrogen-bond donors (Lipinski definition) is 0. The lowest BCUT2D eigenvalue weighted by Gasteiger charge is -2.10. The highest BCUT2D eigenvalue weighted by atomic mass is 32.2. The molecule has 0 spiro atoms. The van der Waals surface area contributed by atoms with Crippen molar-refractivity contribution < 1.29 is 17.9 Å². The number of aryl methyl sites for hydroxylation is 1. The molecule has 0 aliphatic heterocycles. The van der Waals surface area contributed by atoms with Crippen LogP contribution in [0.3, 0.4) is 0 Å². The first kappa shape index (κ1) is 12.2. The van der Waals surface area contributed by atoms with E-state index in [0.29, 0.717) is 0 Å². The number of rotatable bonds is 3. The van der Waals surface area contributed by atoms with Gasteiger partial charge in [-0.25, -0.2) is 0 Å². The molecule has 0 saturated heterocycles. The van der Waals surface area contributed by atoms with Crippen molar-refractivity contribution in [3.05, 3.63) is 23.8 Å². The Hall–Kier alpha value is -0.840. The van der Waals surface area contributed by atoms with E-state index in [1.165, 1.54) is 11.8 Å². The lowest BCUT2D eigenvalue weighted by molar-refractivity contribution is -0.153. The smallest absolute Gasteiger partial charge is 0.422 e. The average molecular weight is 236 g/mol. The van der Waals surface area contributed by atoms with Gasteiger partial charge in [0.25, 0.3) is 0 Å². The Bertz CT molecular complexity index is 336. The maximum atomic E-state index is 11.9. The highest BCUT2D eigenvalue weighted by Gasteiger charge is 2.28. The molecule has 15 heavy (non-hydrogen) atoms. The van der Waals surface area contributed by atoms with Gasteiger partial charge in [-0.05, 0) is 36.9 Å². The Morgan fingerprint density at radius 3 is 2.47 bits per heavy atom. The first-order valence-electron chi connectivity index (χ1n) is 4.26. The van der Waals surface area contributed by atoms with Crippen LogP contribution in [0.5, 0.6) is 5.75 Å². The van der Waals surface area contributed by atoms with Gasteiger partial charge in [-0.2, -0.15) is 13.2 Å². The average Bonchev–Trinajstić information content (AvgIpc) is 2.13. The maximum absolute atomic E-state index is 11.9. The number of thioether (sulfide) groups is 1. The van der Waals surface area contributed by atoms with Crippen molar-refractivity contribution in [2.75, 3.05) is 12.9 Å². The highest BCUT2D eigenvalue weighted by Crippen LogP contribution is 2.25. The number of benzene rings is 1. The number of halogens is 3. The Labute approximate surface area is 90.6 Å². The van der Waals surface area contributed by atoms with Crippen molar-refractivity contribution in [2.24, 2.45) is 0 Å². The molecule has 0 saturated carbocycles. The summed E-state index contributed by atoms with van der Waals surface area (Å²) >= 11 is 1.47. The summed E-state index contributed by atoms with van der Waals surface area (Å²) in [6.07, 6.45) is -2.43. The fourth-order valence-corrected chi connectivity index (χ4v) is 1.62. The molecule has 0 aromatic heterocycles. The number of ether oxygens (including phenoxy) is 1. The van der Waals surface area contributed by atoms with Gasteiger partial charge in [-0.1, -0.05) is 0 Å². The molecule has 0 radical (unpaired) electrons. The van der Waals surface area contributed by atoms with Crippen LogP contribution in [-0.4, -0.2) is 19.0 Å². The highest BCUT2D eigenvalue weighted by molar-refractivity contribution is 7.98. The van der Waals surface area contributed by atoms with Gasteiger partial charge in [0.15, 0.2) is 6.61 Å². The number of hydrogen-bond acceptors (Lipinski definition) is 2. The van der Waals surface area contributed by atoms with E-state index >= 15 is 0 Å². The second-order valence-corrected chi connectivity index (χ2v) is 3.97. The molecule has 0 bridgehead atoms. The van der Waals surface area contributed by atoms with E-state index in [9.17, 15) is 13.2 Å². The molecular formula is C10H11F3OS. The normalized spacial score (nSPS) is 11.5. The molecule has 0 heterocycles. The third kappa shape index (κ3) is 4.46. The van der Waals surface area contributed by atoms with E-state index in [1.54, 1.807) is 12.1 Å². The van der Waals surface area contributed by atoms with Crippen LogP contribution in [0.15, 0.2) is 23.1 Å². The second kappa shape index (κ2) is 4.79. The van der Waals surface area contributed by atoms with Gasteiger partial charge in [0.1, 0.15) is 5.75 Å². The van der Waals surface area contributed by atoms with Crippen molar-refractivity contribution in [1.82, 2.24) is 0 Å². The summed E-state index contributed by atoms with van der Waals surface area (Å²) in [5.41, 5.74) is 0.888. The summed E-state index contributed by atoms with van der Waals surface area (Å²) in [4.78, 5) is 0.896. The van der Waals surface area contributed by atoms with Crippen molar-refractivity contribution in [3.8, 4) is 5.75 Å². The van der Waals surface area contributed by atoms with Crippen LogP contribution in [0.2, 0.25) is 0 Å². The fraction of sp³-hybridized carbons (Fsp3) is 0.400. The van der Waals surface area contributed by atoms with Crippen molar-refractivity contribution in [3.63, 3.8) is 0 Å². The summed E-state index contributed by atoms with van der Waals surface area (Å²) in [6.45, 7) is 0.574. The molecule has 1 aromatic carbocycles. The van der Waals surface area contributed by atoms with Crippen LogP contribution < -0.4 is 4.74 Å². The minimum atomic E-state index is -4.29. The molecule has 0 N–H and O–H groups in total. The molecule has 5 heteroatoms. The molecule has 1 rings (SSSR count). The lowest BCUT2D eigenvalue weighted by atomic mass is 10.2. The standard InChI is InChI=1S/C10H11F3OS/c1-7-3-8(5-9(4-7)15-2)14-6-10(11,12)13/h3-5H,6H2,1-2H3. The summed E-state index contributed by atoms with van der Waals surface area (Å²) in [5, 5.41) is 0. The van der Waals surface area contributed by atoms with E-state index in [2.05, 4.69) is 4.74 Å². The van der Waals surface area contributed by atoms with Gasteiger partial charge in [-0.15, -0.1) is 11.8 Å². The fourth-order valence-electron chi connectivity index (χ4n) is 1.08. The Morgan fingerprint density at radius 2 is 1.93 bits per heavy atom. The number of alkyl halides is 3. The van der Waals surface area contributed by atoms with Gasteiger partial charge in [0.2, 0.25) is 0 Å². The van der Waals surface area contributed by atoms with Crippen molar-refractivity contribution in [1.29, 1.82) is 0 Å². The van der Waals surface area contributed by atoms with E-state index in [4.69, 9.17) is 0 Å². The molecular weight excluding hydrogens is 225 g/mol. The zero-order valence-corrected chi connectivity index (χ0v) is 9.21. The molecule has 1 nitrogen and oxygen atoms in total. The molecule has 0 atom stereocenters. The van der Waals surface area contributed by atoms with Crippen molar-refractivity contribution in [2.45, 2.75) is 18.0 Å². The quantitative estimate of drug-likeness (QED) is 0.741. The van der Waals surface area contributed by atoms with Crippen LogP contribution in [0, 0.1) is 6.92 Å². The SMILES string of the molecule is CSc1cc(C)cc(OCC(F)(F)F)c1. The monoisotopic (exact) mass is 236 g/mol. The van der Waals surface area contributed by atoms with E-state index in [0.717, 1.165) is 10.5 Å². The van der Waals surface area contributed by atoms with Gasteiger partial charge in [0, 0.05) is 4.90 Å². The third-order valence-corrected chi connectivity index (χ3v) is 2.37. The minimum Gasteiger partial charge on any atom is -0.484 e. The topological polar surface area (TPSA) is 9.23 Å². The first-order chi connectivity index (χ1) is 6.90. The van der Waals surface area contributed by atoms with Gasteiger partial charge >= 0.3 is 6.18 Å². The molecule has 0 fully saturated rings.